The zero-order valence-electron chi connectivity index (χ0n) is 12.0. The summed E-state index contributed by atoms with van der Waals surface area (Å²) in [5, 5.41) is 10.6. The molecule has 0 aliphatic rings. The number of rotatable bonds is 9. The lowest BCUT2D eigenvalue weighted by molar-refractivity contribution is -0.384. The van der Waals surface area contributed by atoms with Crippen LogP contribution in [0.3, 0.4) is 0 Å². The van der Waals surface area contributed by atoms with Gasteiger partial charge in [-0.15, -0.1) is 23.2 Å². The Morgan fingerprint density at radius 3 is 2.23 bits per heavy atom. The minimum atomic E-state index is -3.56. The van der Waals surface area contributed by atoms with Crippen LogP contribution in [0.25, 0.3) is 0 Å². The van der Waals surface area contributed by atoms with Gasteiger partial charge in [-0.3, -0.25) is 19.2 Å². The van der Waals surface area contributed by atoms with Gasteiger partial charge in [0.15, 0.2) is 0 Å². The molecule has 22 heavy (non-hydrogen) atoms. The average Bonchev–Trinajstić information content (AvgIpc) is 2.46. The van der Waals surface area contributed by atoms with Gasteiger partial charge in [-0.2, -0.15) is 0 Å². The largest absolute Gasteiger partial charge is 0.341 e. The summed E-state index contributed by atoms with van der Waals surface area (Å²) in [6, 6.07) is 5.78. The topological polar surface area (TPSA) is 98.7 Å². The minimum Gasteiger partial charge on any atom is -0.298 e. The van der Waals surface area contributed by atoms with Crippen LogP contribution in [0.1, 0.15) is 18.6 Å². The molecule has 2 N–H and O–H groups in total. The van der Waals surface area contributed by atoms with Crippen LogP contribution in [-0.4, -0.2) is 34.4 Å². The Kier molecular flexibility index (Phi) is 7.76. The third kappa shape index (κ3) is 5.50. The second-order valence-corrected chi connectivity index (χ2v) is 7.15. The first-order chi connectivity index (χ1) is 10.3. The second kappa shape index (κ2) is 8.82. The molecule has 124 valence electrons. The quantitative estimate of drug-likeness (QED) is 0.309. The molecule has 0 saturated carbocycles. The van der Waals surface area contributed by atoms with Crippen molar-refractivity contribution in [3.8, 4) is 0 Å². The minimum absolute atomic E-state index is 0.0298. The number of nitrogens with zero attached hydrogens (tertiary/aromatic N) is 2. The molecule has 1 rings (SSSR count). The third-order valence-corrected chi connectivity index (χ3v) is 5.11. The van der Waals surface area contributed by atoms with Crippen molar-refractivity contribution >= 4 is 36.6 Å². The molecule has 0 amide bonds. The Labute approximate surface area is 139 Å². The molecule has 1 aromatic carbocycles. The van der Waals surface area contributed by atoms with Gasteiger partial charge in [0, 0.05) is 37.0 Å². The molecule has 0 spiro atoms. The van der Waals surface area contributed by atoms with E-state index in [2.05, 4.69) is 0 Å². The first-order valence-corrected chi connectivity index (χ1v) is 9.22. The maximum atomic E-state index is 12.5. The van der Waals surface area contributed by atoms with Gasteiger partial charge >= 0.3 is 7.67 Å². The molecule has 0 bridgehead atoms. The molecular weight excluding hydrogens is 352 g/mol. The van der Waals surface area contributed by atoms with Crippen LogP contribution < -0.4 is 5.50 Å². The van der Waals surface area contributed by atoms with Gasteiger partial charge in [-0.1, -0.05) is 0 Å². The highest BCUT2D eigenvalue weighted by Gasteiger charge is 2.29. The smallest absolute Gasteiger partial charge is 0.298 e. The summed E-state index contributed by atoms with van der Waals surface area (Å²) in [4.78, 5) is 10.1. The molecule has 0 aliphatic carbocycles. The number of alkyl halides is 2. The van der Waals surface area contributed by atoms with E-state index in [-0.39, 0.29) is 30.5 Å². The monoisotopic (exact) mass is 369 g/mol. The number of nitro groups is 1. The van der Waals surface area contributed by atoms with Crippen molar-refractivity contribution in [2.24, 2.45) is 5.50 Å². The van der Waals surface area contributed by atoms with Gasteiger partial charge in [0.05, 0.1) is 11.0 Å². The Morgan fingerprint density at radius 1 is 1.32 bits per heavy atom. The maximum absolute atomic E-state index is 12.5. The Bertz CT molecular complexity index is 538. The van der Waals surface area contributed by atoms with Crippen molar-refractivity contribution in [3.05, 3.63) is 39.9 Å². The Balaban J connectivity index is 2.82. The zero-order chi connectivity index (χ0) is 16.8. The molecule has 1 aromatic rings. The summed E-state index contributed by atoms with van der Waals surface area (Å²) < 4.78 is 19.4. The van der Waals surface area contributed by atoms with Crippen LogP contribution in [0.5, 0.6) is 0 Å². The molecule has 0 aliphatic heterocycles. The number of benzene rings is 1. The molecule has 0 heterocycles. The summed E-state index contributed by atoms with van der Waals surface area (Å²) >= 11 is 11.3. The fraction of sp³-hybridized carbons (Fsp3) is 0.500. The summed E-state index contributed by atoms with van der Waals surface area (Å²) in [5.41, 5.74) is 6.39. The Hall–Kier alpha value is -0.690. The second-order valence-electron chi connectivity index (χ2n) is 4.49. The van der Waals surface area contributed by atoms with E-state index >= 15 is 0 Å². The molecule has 0 aromatic heterocycles. The van der Waals surface area contributed by atoms with Crippen molar-refractivity contribution in [2.45, 2.75) is 13.0 Å². The predicted octanol–water partition coefficient (Wildman–Crippen LogP) is 3.52. The lowest BCUT2D eigenvalue weighted by atomic mass is 10.1. The van der Waals surface area contributed by atoms with Gasteiger partial charge in [-0.05, 0) is 24.6 Å². The van der Waals surface area contributed by atoms with Crippen LogP contribution in [-0.2, 0) is 9.09 Å². The molecule has 0 fully saturated rings. The van der Waals surface area contributed by atoms with E-state index in [1.807, 2.05) is 0 Å². The first-order valence-electron chi connectivity index (χ1n) is 6.50. The lowest BCUT2D eigenvalue weighted by Crippen LogP contribution is -2.30. The van der Waals surface area contributed by atoms with Crippen molar-refractivity contribution in [1.29, 1.82) is 0 Å². The van der Waals surface area contributed by atoms with E-state index in [0.29, 0.717) is 5.56 Å². The Morgan fingerprint density at radius 2 is 1.82 bits per heavy atom. The molecule has 2 atom stereocenters. The van der Waals surface area contributed by atoms with Crippen LogP contribution >= 0.6 is 30.9 Å². The third-order valence-electron chi connectivity index (χ3n) is 2.96. The van der Waals surface area contributed by atoms with Gasteiger partial charge in [-0.25, -0.2) is 10.2 Å². The van der Waals surface area contributed by atoms with Crippen LogP contribution in [0, 0.1) is 10.1 Å². The van der Waals surface area contributed by atoms with E-state index in [9.17, 15) is 14.7 Å². The fourth-order valence-electron chi connectivity index (χ4n) is 1.81. The summed E-state index contributed by atoms with van der Waals surface area (Å²) in [7, 11) is -3.56. The molecule has 0 radical (unpaired) electrons. The SMILES string of the molecule is C[C@@H](OP(N)(=O)N(CCCl)CCCl)c1ccc([N+](=O)[O-])cc1. The van der Waals surface area contributed by atoms with Crippen LogP contribution in [0.4, 0.5) is 5.69 Å². The standard InChI is InChI=1S/C12H18Cl2N3O4P/c1-10(11-2-4-12(5-3-11)17(18)19)21-22(15,20)16(8-6-13)9-7-14/h2-5,10H,6-9H2,1H3,(H2,15,20)/t10-,22?/m1/s1. The zero-order valence-corrected chi connectivity index (χ0v) is 14.4. The molecule has 7 nitrogen and oxygen atoms in total. The van der Waals surface area contributed by atoms with Crippen molar-refractivity contribution in [1.82, 2.24) is 4.67 Å². The number of hydrogen-bond donors (Lipinski definition) is 1. The number of nitrogens with two attached hydrogens (primary N) is 1. The van der Waals surface area contributed by atoms with E-state index < -0.39 is 18.7 Å². The van der Waals surface area contributed by atoms with E-state index in [4.69, 9.17) is 33.2 Å². The summed E-state index contributed by atoms with van der Waals surface area (Å²) in [6.45, 7) is 2.24. The number of halogens is 2. The highest BCUT2D eigenvalue weighted by Crippen LogP contribution is 2.46. The van der Waals surface area contributed by atoms with Crippen LogP contribution in [0.15, 0.2) is 24.3 Å². The van der Waals surface area contributed by atoms with E-state index in [1.165, 1.54) is 28.9 Å². The van der Waals surface area contributed by atoms with E-state index in [1.54, 1.807) is 6.92 Å². The maximum Gasteiger partial charge on any atom is 0.341 e. The summed E-state index contributed by atoms with van der Waals surface area (Å²) in [5.74, 6) is 0.487. The number of nitro benzene ring substituents is 1. The molecule has 1 unspecified atom stereocenters. The van der Waals surface area contributed by atoms with Gasteiger partial charge < -0.3 is 0 Å². The van der Waals surface area contributed by atoms with Gasteiger partial charge in [0.25, 0.3) is 5.69 Å². The lowest BCUT2D eigenvalue weighted by Gasteiger charge is -2.29. The number of hydrogen-bond acceptors (Lipinski definition) is 4. The predicted molar refractivity (Wildman–Crippen MR) is 87.4 cm³/mol. The first kappa shape index (κ1) is 19.4. The molecule has 10 heteroatoms. The number of non-ortho nitro benzene ring substituents is 1. The molecule has 0 saturated heterocycles. The van der Waals surface area contributed by atoms with Crippen molar-refractivity contribution < 1.29 is 14.0 Å². The summed E-state index contributed by atoms with van der Waals surface area (Å²) in [6.07, 6.45) is -0.593. The van der Waals surface area contributed by atoms with Gasteiger partial charge in [0.1, 0.15) is 0 Å². The van der Waals surface area contributed by atoms with Gasteiger partial charge in [0.2, 0.25) is 0 Å². The van der Waals surface area contributed by atoms with E-state index in [0.717, 1.165) is 0 Å². The van der Waals surface area contributed by atoms with Crippen molar-refractivity contribution in [2.75, 3.05) is 24.8 Å². The highest BCUT2D eigenvalue weighted by molar-refractivity contribution is 7.53. The van der Waals surface area contributed by atoms with Crippen molar-refractivity contribution in [3.63, 3.8) is 0 Å². The normalized spacial score (nSPS) is 15.5. The average molecular weight is 370 g/mol. The molecular formula is C12H18Cl2N3O4P. The fourth-order valence-corrected chi connectivity index (χ4v) is 3.92. The highest BCUT2D eigenvalue weighted by atomic mass is 35.5. The van der Waals surface area contributed by atoms with Crippen LogP contribution in [0.2, 0.25) is 0 Å².